The molecule has 0 saturated carbocycles. The zero-order valence-corrected chi connectivity index (χ0v) is 10.8. The molecule has 7 heteroatoms. The number of alkyl halides is 3. The molecule has 2 aromatic rings. The molecule has 2 rings (SSSR count). The van der Waals surface area contributed by atoms with Gasteiger partial charge in [0, 0.05) is 5.69 Å². The molecular formula is C13H9ClF3N3. The van der Waals surface area contributed by atoms with Crippen LogP contribution in [0.3, 0.4) is 0 Å². The van der Waals surface area contributed by atoms with Crippen molar-refractivity contribution in [1.29, 1.82) is 0 Å². The number of halogens is 4. The van der Waals surface area contributed by atoms with Crippen molar-refractivity contribution in [2.45, 2.75) is 6.18 Å². The highest BCUT2D eigenvalue weighted by atomic mass is 35.5. The summed E-state index contributed by atoms with van der Waals surface area (Å²) in [6.45, 7) is 0. The number of azo groups is 1. The van der Waals surface area contributed by atoms with Crippen molar-refractivity contribution in [3.05, 3.63) is 53.1 Å². The molecule has 0 aromatic heterocycles. The summed E-state index contributed by atoms with van der Waals surface area (Å²) in [5.41, 5.74) is 5.98. The average Bonchev–Trinajstić information content (AvgIpc) is 2.36. The number of nitrogens with two attached hydrogens (primary N) is 1. The van der Waals surface area contributed by atoms with Gasteiger partial charge in [-0.1, -0.05) is 11.6 Å². The van der Waals surface area contributed by atoms with E-state index in [4.69, 9.17) is 17.3 Å². The SMILES string of the molecule is Nc1ccc(N=Nc2ccc(C(F)(F)F)c(Cl)c2)cc1. The molecule has 3 nitrogen and oxygen atoms in total. The zero-order chi connectivity index (χ0) is 14.8. The Morgan fingerprint density at radius 2 is 1.45 bits per heavy atom. The minimum absolute atomic E-state index is 0.236. The second kappa shape index (κ2) is 5.50. The van der Waals surface area contributed by atoms with Gasteiger partial charge in [0.25, 0.3) is 0 Å². The van der Waals surface area contributed by atoms with E-state index in [9.17, 15) is 13.2 Å². The molecular weight excluding hydrogens is 291 g/mol. The molecule has 0 radical (unpaired) electrons. The fourth-order valence-electron chi connectivity index (χ4n) is 1.45. The molecule has 0 spiro atoms. The van der Waals surface area contributed by atoms with Crippen molar-refractivity contribution in [3.8, 4) is 0 Å². The highest BCUT2D eigenvalue weighted by molar-refractivity contribution is 6.31. The van der Waals surface area contributed by atoms with Gasteiger partial charge in [-0.05, 0) is 42.5 Å². The van der Waals surface area contributed by atoms with Gasteiger partial charge in [0.2, 0.25) is 0 Å². The van der Waals surface area contributed by atoms with Gasteiger partial charge in [-0.3, -0.25) is 0 Å². The molecule has 20 heavy (non-hydrogen) atoms. The number of anilines is 1. The van der Waals surface area contributed by atoms with Crippen LogP contribution in [-0.2, 0) is 6.18 Å². The maximum absolute atomic E-state index is 12.5. The molecule has 0 bridgehead atoms. The van der Waals surface area contributed by atoms with E-state index >= 15 is 0 Å². The van der Waals surface area contributed by atoms with E-state index in [1.807, 2.05) is 0 Å². The fourth-order valence-corrected chi connectivity index (χ4v) is 1.73. The Morgan fingerprint density at radius 3 is 2.00 bits per heavy atom. The van der Waals surface area contributed by atoms with Crippen LogP contribution in [0.15, 0.2) is 52.7 Å². The van der Waals surface area contributed by atoms with Crippen LogP contribution in [-0.4, -0.2) is 0 Å². The monoisotopic (exact) mass is 299 g/mol. The van der Waals surface area contributed by atoms with E-state index < -0.39 is 16.8 Å². The Labute approximate surface area is 117 Å². The molecule has 0 heterocycles. The zero-order valence-electron chi connectivity index (χ0n) is 10.0. The summed E-state index contributed by atoms with van der Waals surface area (Å²) in [6, 6.07) is 9.78. The maximum atomic E-state index is 12.5. The fraction of sp³-hybridized carbons (Fsp3) is 0.0769. The van der Waals surface area contributed by atoms with Gasteiger partial charge in [0.1, 0.15) is 0 Å². The van der Waals surface area contributed by atoms with Gasteiger partial charge in [0.15, 0.2) is 0 Å². The second-order valence-electron chi connectivity index (χ2n) is 3.95. The predicted octanol–water partition coefficient (Wildman–Crippen LogP) is 5.36. The van der Waals surface area contributed by atoms with Gasteiger partial charge < -0.3 is 5.73 Å². The van der Waals surface area contributed by atoms with Crippen molar-refractivity contribution in [2.24, 2.45) is 10.2 Å². The first kappa shape index (κ1) is 14.3. The van der Waals surface area contributed by atoms with Crippen LogP contribution in [0, 0.1) is 0 Å². The Bertz CT molecular complexity index is 636. The normalized spacial score (nSPS) is 12.0. The molecule has 0 saturated heterocycles. The van der Waals surface area contributed by atoms with Crippen LogP contribution in [0.25, 0.3) is 0 Å². The molecule has 2 aromatic carbocycles. The number of benzene rings is 2. The molecule has 0 aliphatic heterocycles. The lowest BCUT2D eigenvalue weighted by atomic mass is 10.2. The quantitative estimate of drug-likeness (QED) is 0.589. The van der Waals surface area contributed by atoms with Crippen LogP contribution >= 0.6 is 11.6 Å². The van der Waals surface area contributed by atoms with Crippen LogP contribution in [0.1, 0.15) is 5.56 Å². The first-order valence-electron chi connectivity index (χ1n) is 5.50. The van der Waals surface area contributed by atoms with Crippen molar-refractivity contribution >= 4 is 28.7 Å². The van der Waals surface area contributed by atoms with Gasteiger partial charge >= 0.3 is 6.18 Å². The van der Waals surface area contributed by atoms with Gasteiger partial charge in [0.05, 0.1) is 22.0 Å². The first-order valence-corrected chi connectivity index (χ1v) is 5.88. The van der Waals surface area contributed by atoms with Crippen LogP contribution < -0.4 is 5.73 Å². The summed E-state index contributed by atoms with van der Waals surface area (Å²) in [7, 11) is 0. The van der Waals surface area contributed by atoms with E-state index in [-0.39, 0.29) is 5.69 Å². The summed E-state index contributed by atoms with van der Waals surface area (Å²) < 4.78 is 37.6. The summed E-state index contributed by atoms with van der Waals surface area (Å²) in [5.74, 6) is 0. The first-order chi connectivity index (χ1) is 9.36. The van der Waals surface area contributed by atoms with Gasteiger partial charge in [-0.2, -0.15) is 23.4 Å². The molecule has 104 valence electrons. The highest BCUT2D eigenvalue weighted by Gasteiger charge is 2.32. The molecule has 0 aliphatic carbocycles. The van der Waals surface area contributed by atoms with E-state index in [0.29, 0.717) is 11.4 Å². The van der Waals surface area contributed by atoms with E-state index in [0.717, 1.165) is 12.1 Å². The molecule has 0 amide bonds. The van der Waals surface area contributed by atoms with Crippen molar-refractivity contribution in [3.63, 3.8) is 0 Å². The standard InChI is InChI=1S/C13H9ClF3N3/c14-12-7-10(5-6-11(12)13(15,16)17)20-19-9-3-1-8(18)2-4-9/h1-7H,18H2. The molecule has 0 unspecified atom stereocenters. The Morgan fingerprint density at radius 1 is 0.900 bits per heavy atom. The minimum Gasteiger partial charge on any atom is -0.399 e. The van der Waals surface area contributed by atoms with Crippen LogP contribution in [0.2, 0.25) is 5.02 Å². The average molecular weight is 300 g/mol. The van der Waals surface area contributed by atoms with E-state index in [1.54, 1.807) is 24.3 Å². The van der Waals surface area contributed by atoms with E-state index in [1.165, 1.54) is 6.07 Å². The molecule has 0 atom stereocenters. The highest BCUT2D eigenvalue weighted by Crippen LogP contribution is 2.36. The lowest BCUT2D eigenvalue weighted by Gasteiger charge is -2.08. The minimum atomic E-state index is -4.48. The summed E-state index contributed by atoms with van der Waals surface area (Å²) in [5, 5.41) is 7.29. The Kier molecular flexibility index (Phi) is 3.94. The smallest absolute Gasteiger partial charge is 0.399 e. The third-order valence-corrected chi connectivity index (χ3v) is 2.74. The number of rotatable bonds is 2. The van der Waals surface area contributed by atoms with Gasteiger partial charge in [-0.25, -0.2) is 0 Å². The summed E-state index contributed by atoms with van der Waals surface area (Å²) in [4.78, 5) is 0. The van der Waals surface area contributed by atoms with Crippen LogP contribution in [0.4, 0.5) is 30.2 Å². The van der Waals surface area contributed by atoms with Crippen molar-refractivity contribution < 1.29 is 13.2 Å². The lowest BCUT2D eigenvalue weighted by molar-refractivity contribution is -0.137. The van der Waals surface area contributed by atoms with Crippen LogP contribution in [0.5, 0.6) is 0 Å². The molecule has 0 aliphatic rings. The number of hydrogen-bond donors (Lipinski definition) is 1. The Balaban J connectivity index is 2.22. The lowest BCUT2D eigenvalue weighted by Crippen LogP contribution is -2.05. The van der Waals surface area contributed by atoms with Gasteiger partial charge in [-0.15, -0.1) is 0 Å². The van der Waals surface area contributed by atoms with Crippen molar-refractivity contribution in [2.75, 3.05) is 5.73 Å². The summed E-state index contributed by atoms with van der Waals surface area (Å²) >= 11 is 5.58. The maximum Gasteiger partial charge on any atom is 0.417 e. The third kappa shape index (κ3) is 3.48. The largest absolute Gasteiger partial charge is 0.417 e. The van der Waals surface area contributed by atoms with E-state index in [2.05, 4.69) is 10.2 Å². The summed E-state index contributed by atoms with van der Waals surface area (Å²) in [6.07, 6.45) is -4.48. The number of nitrogens with zero attached hydrogens (tertiary/aromatic N) is 2. The third-order valence-electron chi connectivity index (χ3n) is 2.43. The van der Waals surface area contributed by atoms with Crippen molar-refractivity contribution in [1.82, 2.24) is 0 Å². The number of hydrogen-bond acceptors (Lipinski definition) is 3. The molecule has 2 N–H and O–H groups in total. The predicted molar refractivity (Wildman–Crippen MR) is 71.5 cm³/mol. The molecule has 0 fully saturated rings. The Hall–Kier alpha value is -2.08. The second-order valence-corrected chi connectivity index (χ2v) is 4.36. The topological polar surface area (TPSA) is 50.7 Å². The number of nitrogen functional groups attached to an aromatic ring is 1.